The van der Waals surface area contributed by atoms with Gasteiger partial charge in [-0.15, -0.1) is 0 Å². The molecular formula is C16H32N2O. The summed E-state index contributed by atoms with van der Waals surface area (Å²) in [6, 6.07) is 0.819. The van der Waals surface area contributed by atoms with Gasteiger partial charge in [0.2, 0.25) is 0 Å². The van der Waals surface area contributed by atoms with Gasteiger partial charge in [0.1, 0.15) is 0 Å². The summed E-state index contributed by atoms with van der Waals surface area (Å²) in [4.78, 5) is 2.49. The summed E-state index contributed by atoms with van der Waals surface area (Å²) < 4.78 is 5.75. The van der Waals surface area contributed by atoms with Crippen LogP contribution < -0.4 is 5.32 Å². The van der Waals surface area contributed by atoms with Gasteiger partial charge in [0, 0.05) is 32.3 Å². The average molecular weight is 268 g/mol. The maximum Gasteiger partial charge on any atom is 0.0702 e. The molecule has 112 valence electrons. The maximum atomic E-state index is 5.75. The highest BCUT2D eigenvalue weighted by atomic mass is 16.5. The Morgan fingerprint density at radius 2 is 2.11 bits per heavy atom. The fourth-order valence-electron chi connectivity index (χ4n) is 3.36. The number of hydrogen-bond donors (Lipinski definition) is 1. The molecule has 0 aromatic heterocycles. The van der Waals surface area contributed by atoms with Crippen LogP contribution >= 0.6 is 0 Å². The minimum absolute atomic E-state index is 0.407. The van der Waals surface area contributed by atoms with Gasteiger partial charge in [-0.05, 0) is 44.6 Å². The van der Waals surface area contributed by atoms with E-state index >= 15 is 0 Å². The lowest BCUT2D eigenvalue weighted by Gasteiger charge is -2.35. The first kappa shape index (κ1) is 15.3. The Balaban J connectivity index is 1.75. The normalized spacial score (nSPS) is 26.8. The molecule has 19 heavy (non-hydrogen) atoms. The molecule has 0 radical (unpaired) electrons. The Morgan fingerprint density at radius 1 is 1.32 bits per heavy atom. The molecule has 3 nitrogen and oxygen atoms in total. The third-order valence-electron chi connectivity index (χ3n) is 4.44. The smallest absolute Gasteiger partial charge is 0.0702 e. The third-order valence-corrected chi connectivity index (χ3v) is 4.44. The Hall–Kier alpha value is -0.120. The summed E-state index contributed by atoms with van der Waals surface area (Å²) in [5, 5.41) is 3.72. The molecule has 1 heterocycles. The summed E-state index contributed by atoms with van der Waals surface area (Å²) in [5.41, 5.74) is 0.407. The quantitative estimate of drug-likeness (QED) is 0.696. The topological polar surface area (TPSA) is 24.5 Å². The van der Waals surface area contributed by atoms with Crippen molar-refractivity contribution in [1.82, 2.24) is 10.2 Å². The van der Waals surface area contributed by atoms with Crippen LogP contribution in [0.15, 0.2) is 0 Å². The van der Waals surface area contributed by atoms with Crippen LogP contribution in [-0.2, 0) is 4.74 Å². The van der Waals surface area contributed by atoms with Gasteiger partial charge in [-0.1, -0.05) is 20.3 Å². The Bertz CT molecular complexity index is 261. The van der Waals surface area contributed by atoms with E-state index in [0.717, 1.165) is 19.2 Å². The number of nitrogens with one attached hydrogen (secondary N) is 1. The average Bonchev–Trinajstić information content (AvgIpc) is 3.05. The SMILES string of the molecule is CCCC(C)(CNC1CC1)CN(C)CC1CCCO1. The highest BCUT2D eigenvalue weighted by molar-refractivity contribution is 4.87. The molecule has 0 aromatic carbocycles. The van der Waals surface area contributed by atoms with E-state index in [0.29, 0.717) is 11.5 Å². The Kier molecular flexibility index (Phi) is 5.67. The van der Waals surface area contributed by atoms with Crippen LogP contribution in [0.3, 0.4) is 0 Å². The molecule has 0 bridgehead atoms. The van der Waals surface area contributed by atoms with Crippen molar-refractivity contribution in [3.63, 3.8) is 0 Å². The Labute approximate surface area is 119 Å². The van der Waals surface area contributed by atoms with Crippen molar-refractivity contribution in [3.05, 3.63) is 0 Å². The molecule has 2 rings (SSSR count). The molecule has 1 aliphatic heterocycles. The van der Waals surface area contributed by atoms with Gasteiger partial charge in [0.15, 0.2) is 0 Å². The number of nitrogens with zero attached hydrogens (tertiary/aromatic N) is 1. The van der Waals surface area contributed by atoms with Crippen LogP contribution in [-0.4, -0.2) is 50.3 Å². The molecule has 0 amide bonds. The molecule has 2 aliphatic rings. The fourth-order valence-corrected chi connectivity index (χ4v) is 3.36. The van der Waals surface area contributed by atoms with Gasteiger partial charge in [-0.2, -0.15) is 0 Å². The lowest BCUT2D eigenvalue weighted by atomic mass is 9.84. The van der Waals surface area contributed by atoms with Crippen molar-refractivity contribution in [1.29, 1.82) is 0 Å². The summed E-state index contributed by atoms with van der Waals surface area (Å²) in [6.07, 6.45) is 8.32. The molecule has 3 heteroatoms. The van der Waals surface area contributed by atoms with Gasteiger partial charge >= 0.3 is 0 Å². The molecule has 1 saturated carbocycles. The zero-order valence-electron chi connectivity index (χ0n) is 13.1. The second-order valence-electron chi connectivity index (χ2n) is 7.05. The zero-order valence-corrected chi connectivity index (χ0v) is 13.1. The van der Waals surface area contributed by atoms with Crippen molar-refractivity contribution < 1.29 is 4.74 Å². The molecule has 0 aromatic rings. The number of likely N-dealkylation sites (N-methyl/N-ethyl adjacent to an activating group) is 1. The van der Waals surface area contributed by atoms with E-state index in [1.807, 2.05) is 0 Å². The van der Waals surface area contributed by atoms with E-state index in [-0.39, 0.29) is 0 Å². The van der Waals surface area contributed by atoms with Crippen LogP contribution in [0, 0.1) is 5.41 Å². The fraction of sp³-hybridized carbons (Fsp3) is 1.00. The molecule has 1 N–H and O–H groups in total. The van der Waals surface area contributed by atoms with Gasteiger partial charge in [-0.3, -0.25) is 0 Å². The van der Waals surface area contributed by atoms with Crippen LogP contribution in [0.1, 0.15) is 52.4 Å². The van der Waals surface area contributed by atoms with Crippen molar-refractivity contribution in [2.75, 3.05) is 33.3 Å². The van der Waals surface area contributed by atoms with E-state index in [4.69, 9.17) is 4.74 Å². The van der Waals surface area contributed by atoms with E-state index in [1.54, 1.807) is 0 Å². The lowest BCUT2D eigenvalue weighted by Crippen LogP contribution is -2.43. The second-order valence-corrected chi connectivity index (χ2v) is 7.05. The van der Waals surface area contributed by atoms with Gasteiger partial charge < -0.3 is 15.0 Å². The molecule has 0 spiro atoms. The monoisotopic (exact) mass is 268 g/mol. The maximum absolute atomic E-state index is 5.75. The number of hydrogen-bond acceptors (Lipinski definition) is 3. The van der Waals surface area contributed by atoms with Gasteiger partial charge in [0.25, 0.3) is 0 Å². The second kappa shape index (κ2) is 7.05. The zero-order chi connectivity index (χ0) is 13.7. The summed E-state index contributed by atoms with van der Waals surface area (Å²) in [7, 11) is 2.26. The Morgan fingerprint density at radius 3 is 2.68 bits per heavy atom. The van der Waals surface area contributed by atoms with Crippen molar-refractivity contribution in [3.8, 4) is 0 Å². The number of ether oxygens (including phenoxy) is 1. The largest absolute Gasteiger partial charge is 0.377 e. The minimum atomic E-state index is 0.407. The highest BCUT2D eigenvalue weighted by Gasteiger charge is 2.30. The van der Waals surface area contributed by atoms with Gasteiger partial charge in [-0.25, -0.2) is 0 Å². The first-order valence-corrected chi connectivity index (χ1v) is 8.15. The minimum Gasteiger partial charge on any atom is -0.377 e. The van der Waals surface area contributed by atoms with Crippen molar-refractivity contribution >= 4 is 0 Å². The first-order chi connectivity index (χ1) is 9.11. The lowest BCUT2D eigenvalue weighted by molar-refractivity contribution is 0.0652. The molecule has 2 fully saturated rings. The summed E-state index contributed by atoms with van der Waals surface area (Å²) in [5.74, 6) is 0. The van der Waals surface area contributed by atoms with E-state index < -0.39 is 0 Å². The van der Waals surface area contributed by atoms with E-state index in [2.05, 4.69) is 31.1 Å². The summed E-state index contributed by atoms with van der Waals surface area (Å²) >= 11 is 0. The molecular weight excluding hydrogens is 236 g/mol. The first-order valence-electron chi connectivity index (χ1n) is 8.15. The summed E-state index contributed by atoms with van der Waals surface area (Å²) in [6.45, 7) is 9.16. The molecule has 1 saturated heterocycles. The van der Waals surface area contributed by atoms with Crippen molar-refractivity contribution in [2.45, 2.75) is 64.5 Å². The predicted octanol–water partition coefficient (Wildman–Crippen LogP) is 2.66. The third kappa shape index (κ3) is 5.41. The van der Waals surface area contributed by atoms with Crippen LogP contribution in [0.4, 0.5) is 0 Å². The molecule has 1 aliphatic carbocycles. The van der Waals surface area contributed by atoms with Crippen LogP contribution in [0.2, 0.25) is 0 Å². The van der Waals surface area contributed by atoms with Crippen LogP contribution in [0.25, 0.3) is 0 Å². The van der Waals surface area contributed by atoms with Gasteiger partial charge in [0.05, 0.1) is 6.10 Å². The van der Waals surface area contributed by atoms with Crippen LogP contribution in [0.5, 0.6) is 0 Å². The highest BCUT2D eigenvalue weighted by Crippen LogP contribution is 2.27. The standard InChI is InChI=1S/C16H32N2O/c1-4-9-16(2,12-17-14-7-8-14)13-18(3)11-15-6-5-10-19-15/h14-15,17H,4-13H2,1-3H3. The van der Waals surface area contributed by atoms with Crippen molar-refractivity contribution in [2.24, 2.45) is 5.41 Å². The predicted molar refractivity (Wildman–Crippen MR) is 80.5 cm³/mol. The number of rotatable bonds is 9. The van der Waals surface area contributed by atoms with E-state index in [9.17, 15) is 0 Å². The molecule has 2 unspecified atom stereocenters. The van der Waals surface area contributed by atoms with E-state index in [1.165, 1.54) is 51.6 Å². The molecule has 2 atom stereocenters.